The summed E-state index contributed by atoms with van der Waals surface area (Å²) < 4.78 is 0. The largest absolute Gasteiger partial charge is 0.298 e. The molecule has 0 rings (SSSR count). The molecule has 0 aromatic carbocycles. The minimum absolute atomic E-state index is 0.0459. The Morgan fingerprint density at radius 1 is 1.13 bits per heavy atom. The number of nitrogens with one attached hydrogen (secondary N) is 1. The van der Waals surface area contributed by atoms with Gasteiger partial charge in [0.05, 0.1) is 12.1 Å². The zero-order valence-corrected chi connectivity index (χ0v) is 10.7. The molecule has 0 atom stereocenters. The summed E-state index contributed by atoms with van der Waals surface area (Å²) >= 11 is 0. The summed E-state index contributed by atoms with van der Waals surface area (Å²) in [4.78, 5) is 23.0. The summed E-state index contributed by atoms with van der Waals surface area (Å²) in [7, 11) is 0. The second-order valence-corrected chi connectivity index (χ2v) is 5.20. The average Bonchev–Trinajstić information content (AvgIpc) is 2.13. The molecule has 1 N–H and O–H groups in total. The van der Waals surface area contributed by atoms with E-state index in [2.05, 4.69) is 5.32 Å². The van der Waals surface area contributed by atoms with Gasteiger partial charge in [-0.05, 0) is 27.2 Å². The first-order valence-electron chi connectivity index (χ1n) is 5.43. The Hall–Kier alpha value is -0.700. The normalized spacial score (nSPS) is 12.7. The number of Topliss-reactive ketones (excluding diaryl/α,β-unsaturated/α-hetero) is 2. The highest BCUT2D eigenvalue weighted by atomic mass is 16.1. The molecule has 15 heavy (non-hydrogen) atoms. The molecular weight excluding hydrogens is 190 g/mol. The van der Waals surface area contributed by atoms with Crippen LogP contribution in [0.15, 0.2) is 0 Å². The van der Waals surface area contributed by atoms with Crippen molar-refractivity contribution in [3.63, 3.8) is 0 Å². The van der Waals surface area contributed by atoms with E-state index in [1.165, 1.54) is 6.92 Å². The molecule has 0 radical (unpaired) electrons. The Bertz CT molecular complexity index is 254. The fourth-order valence-electron chi connectivity index (χ4n) is 0.862. The number of ketones is 2. The molecule has 0 bridgehead atoms. The zero-order chi connectivity index (χ0) is 12.3. The molecule has 0 heterocycles. The van der Waals surface area contributed by atoms with Crippen molar-refractivity contribution < 1.29 is 9.59 Å². The smallest absolute Gasteiger partial charge is 0.152 e. The van der Waals surface area contributed by atoms with Crippen LogP contribution >= 0.6 is 0 Å². The minimum atomic E-state index is -0.612. The van der Waals surface area contributed by atoms with Crippen LogP contribution in [0.25, 0.3) is 0 Å². The van der Waals surface area contributed by atoms with E-state index in [-0.39, 0.29) is 23.5 Å². The van der Waals surface area contributed by atoms with Gasteiger partial charge in [0.15, 0.2) is 5.78 Å². The molecule has 88 valence electrons. The minimum Gasteiger partial charge on any atom is -0.298 e. The summed E-state index contributed by atoms with van der Waals surface area (Å²) in [5.74, 6) is 0.198. The summed E-state index contributed by atoms with van der Waals surface area (Å²) in [5.41, 5.74) is -0.917. The molecule has 0 saturated carbocycles. The van der Waals surface area contributed by atoms with Gasteiger partial charge in [-0.15, -0.1) is 0 Å². The van der Waals surface area contributed by atoms with Gasteiger partial charge < -0.3 is 0 Å². The van der Waals surface area contributed by atoms with Crippen LogP contribution in [0.5, 0.6) is 0 Å². The highest BCUT2D eigenvalue weighted by Gasteiger charge is 2.28. The molecule has 0 aliphatic carbocycles. The first-order valence-corrected chi connectivity index (χ1v) is 5.43. The van der Waals surface area contributed by atoms with Gasteiger partial charge >= 0.3 is 0 Å². The number of rotatable bonds is 6. The fourth-order valence-corrected chi connectivity index (χ4v) is 0.862. The predicted octanol–water partition coefficient (Wildman–Crippen LogP) is 1.95. The highest BCUT2D eigenvalue weighted by molar-refractivity contribution is 5.88. The van der Waals surface area contributed by atoms with Crippen molar-refractivity contribution in [1.82, 2.24) is 5.32 Å². The van der Waals surface area contributed by atoms with Gasteiger partial charge in [0.1, 0.15) is 5.78 Å². The molecule has 0 aromatic heterocycles. The van der Waals surface area contributed by atoms with Gasteiger partial charge in [-0.2, -0.15) is 0 Å². The van der Waals surface area contributed by atoms with E-state index in [9.17, 15) is 9.59 Å². The van der Waals surface area contributed by atoms with E-state index in [1.54, 1.807) is 13.8 Å². The van der Waals surface area contributed by atoms with E-state index >= 15 is 0 Å². The third-order valence-corrected chi connectivity index (χ3v) is 3.21. The van der Waals surface area contributed by atoms with E-state index in [0.29, 0.717) is 0 Å². The third kappa shape index (κ3) is 4.12. The fraction of sp³-hybridized carbons (Fsp3) is 0.833. The number of carbonyl (C=O) groups excluding carboxylic acids is 2. The van der Waals surface area contributed by atoms with Gasteiger partial charge in [0.2, 0.25) is 0 Å². The van der Waals surface area contributed by atoms with Crippen molar-refractivity contribution in [3.8, 4) is 0 Å². The lowest BCUT2D eigenvalue weighted by molar-refractivity contribution is -0.127. The number of hydrogen-bond acceptors (Lipinski definition) is 3. The van der Waals surface area contributed by atoms with Crippen LogP contribution in [-0.4, -0.2) is 23.7 Å². The molecular formula is C12H23NO2. The second-order valence-electron chi connectivity index (χ2n) is 5.20. The van der Waals surface area contributed by atoms with Crippen LogP contribution in [0.2, 0.25) is 0 Å². The quantitative estimate of drug-likeness (QED) is 0.733. The van der Waals surface area contributed by atoms with E-state index < -0.39 is 5.54 Å². The van der Waals surface area contributed by atoms with Crippen molar-refractivity contribution in [2.24, 2.45) is 5.41 Å². The van der Waals surface area contributed by atoms with E-state index in [1.807, 2.05) is 20.8 Å². The SMILES string of the molecule is CCC(C)(C)C(=O)CNC(C)(C)C(C)=O. The van der Waals surface area contributed by atoms with Crippen LogP contribution in [0.3, 0.4) is 0 Å². The molecule has 0 fully saturated rings. The molecule has 0 unspecified atom stereocenters. The van der Waals surface area contributed by atoms with Crippen LogP contribution in [0.1, 0.15) is 48.0 Å². The Morgan fingerprint density at radius 2 is 1.60 bits per heavy atom. The maximum absolute atomic E-state index is 11.8. The van der Waals surface area contributed by atoms with Gasteiger partial charge in [0, 0.05) is 5.41 Å². The van der Waals surface area contributed by atoms with Crippen LogP contribution in [-0.2, 0) is 9.59 Å². The monoisotopic (exact) mass is 213 g/mol. The summed E-state index contributed by atoms with van der Waals surface area (Å²) in [6.07, 6.45) is 0.814. The average molecular weight is 213 g/mol. The molecule has 0 spiro atoms. The van der Waals surface area contributed by atoms with Crippen molar-refractivity contribution >= 4 is 11.6 Å². The van der Waals surface area contributed by atoms with E-state index in [4.69, 9.17) is 0 Å². The van der Waals surface area contributed by atoms with Gasteiger partial charge in [-0.3, -0.25) is 14.9 Å². The summed E-state index contributed by atoms with van der Waals surface area (Å²) in [5, 5.41) is 3.00. The molecule has 0 aliphatic rings. The molecule has 3 nitrogen and oxygen atoms in total. The van der Waals surface area contributed by atoms with Gasteiger partial charge in [0.25, 0.3) is 0 Å². The maximum Gasteiger partial charge on any atom is 0.152 e. The van der Waals surface area contributed by atoms with Crippen molar-refractivity contribution in [3.05, 3.63) is 0 Å². The topological polar surface area (TPSA) is 46.2 Å². The van der Waals surface area contributed by atoms with Crippen molar-refractivity contribution in [2.45, 2.75) is 53.5 Å². The van der Waals surface area contributed by atoms with Crippen LogP contribution < -0.4 is 5.32 Å². The molecule has 0 aliphatic heterocycles. The third-order valence-electron chi connectivity index (χ3n) is 3.21. The predicted molar refractivity (Wildman–Crippen MR) is 61.8 cm³/mol. The second kappa shape index (κ2) is 4.88. The molecule has 0 saturated heterocycles. The van der Waals surface area contributed by atoms with Crippen LogP contribution in [0, 0.1) is 5.41 Å². The Labute approximate surface area is 92.6 Å². The van der Waals surface area contributed by atoms with Gasteiger partial charge in [-0.25, -0.2) is 0 Å². The maximum atomic E-state index is 11.8. The summed E-state index contributed by atoms with van der Waals surface area (Å²) in [6, 6.07) is 0. The van der Waals surface area contributed by atoms with E-state index in [0.717, 1.165) is 6.42 Å². The molecule has 0 aromatic rings. The Balaban J connectivity index is 4.30. The first kappa shape index (κ1) is 14.3. The standard InChI is InChI=1S/C12H23NO2/c1-7-11(3,4)10(15)8-13-12(5,6)9(2)14/h13H,7-8H2,1-6H3. The number of carbonyl (C=O) groups is 2. The Morgan fingerprint density at radius 3 is 1.93 bits per heavy atom. The first-order chi connectivity index (χ1) is 6.63. The highest BCUT2D eigenvalue weighted by Crippen LogP contribution is 2.20. The Kier molecular flexibility index (Phi) is 4.65. The molecule has 3 heteroatoms. The van der Waals surface area contributed by atoms with Crippen molar-refractivity contribution in [1.29, 1.82) is 0 Å². The molecule has 0 amide bonds. The lowest BCUT2D eigenvalue weighted by Gasteiger charge is -2.26. The van der Waals surface area contributed by atoms with Crippen LogP contribution in [0.4, 0.5) is 0 Å². The van der Waals surface area contributed by atoms with Crippen molar-refractivity contribution in [2.75, 3.05) is 6.54 Å². The summed E-state index contributed by atoms with van der Waals surface area (Å²) in [6.45, 7) is 11.2. The number of hydrogen-bond donors (Lipinski definition) is 1. The lowest BCUT2D eigenvalue weighted by atomic mass is 9.85. The zero-order valence-electron chi connectivity index (χ0n) is 10.7. The lowest BCUT2D eigenvalue weighted by Crippen LogP contribution is -2.49. The van der Waals surface area contributed by atoms with Gasteiger partial charge in [-0.1, -0.05) is 20.8 Å².